The first-order chi connectivity index (χ1) is 11.2. The molecule has 0 nitrogen and oxygen atoms in total. The van der Waals surface area contributed by atoms with E-state index in [0.717, 1.165) is 0 Å². The zero-order chi connectivity index (χ0) is 15.9. The number of rotatable bonds is 2. The van der Waals surface area contributed by atoms with E-state index in [1.807, 2.05) is 6.07 Å². The van der Waals surface area contributed by atoms with Gasteiger partial charge < -0.3 is 0 Å². The zero-order valence-corrected chi connectivity index (χ0v) is 14.0. The molecule has 109 valence electrons. The Hall–Kier alpha value is -2.11. The minimum absolute atomic E-state index is 1.24. The predicted molar refractivity (Wildman–Crippen MR) is 106 cm³/mol. The van der Waals surface area contributed by atoms with Crippen LogP contribution in [0.2, 0.25) is 0 Å². The van der Waals surface area contributed by atoms with E-state index in [4.69, 9.17) is 7.57 Å². The molecule has 0 aromatic heterocycles. The van der Waals surface area contributed by atoms with Gasteiger partial charge in [-0.2, -0.15) is 7.14 Å². The van der Waals surface area contributed by atoms with E-state index in [1.165, 1.54) is 32.2 Å². The second-order valence-corrected chi connectivity index (χ2v) is 9.22. The second-order valence-electron chi connectivity index (χ2n) is 6.07. The molecule has 0 fully saturated rings. The highest BCUT2D eigenvalue weighted by atomic mass is 31.2. The highest BCUT2D eigenvalue weighted by Crippen LogP contribution is 2.49. The fourth-order valence-corrected chi connectivity index (χ4v) is 5.47. The van der Waals surface area contributed by atoms with Crippen LogP contribution in [0.15, 0.2) is 84.9 Å². The van der Waals surface area contributed by atoms with E-state index in [-0.39, 0.29) is 0 Å². The third-order valence-electron chi connectivity index (χ3n) is 4.54. The van der Waals surface area contributed by atoms with Gasteiger partial charge in [-0.3, -0.25) is 7.57 Å². The quantitative estimate of drug-likeness (QED) is 0.286. The van der Waals surface area contributed by atoms with E-state index in [9.17, 15) is 0 Å². The van der Waals surface area contributed by atoms with Gasteiger partial charge in [-0.25, -0.2) is 0 Å². The average molecular weight is 311 g/mol. The predicted octanol–water partition coefficient (Wildman–Crippen LogP) is 4.67. The van der Waals surface area contributed by atoms with Crippen LogP contribution in [0.1, 0.15) is 0 Å². The molecule has 1 unspecified atom stereocenters. The standard InChI is InChI=1S/C21H17BP/c1-23(22,17-10-3-2-4-11-17)21-15-16-9-5-6-12-18(16)19-13-7-8-14-20(19)21/h2-15H,1H3. The van der Waals surface area contributed by atoms with Gasteiger partial charge in [-0.05, 0) is 34.4 Å². The highest BCUT2D eigenvalue weighted by Gasteiger charge is 2.22. The number of hydrogen-bond acceptors (Lipinski definition) is 0. The summed E-state index contributed by atoms with van der Waals surface area (Å²) in [6.07, 6.45) is 0. The number of hydrogen-bond donors (Lipinski definition) is 0. The van der Waals surface area contributed by atoms with Gasteiger partial charge in [0.1, 0.15) is 0 Å². The molecule has 4 aromatic rings. The summed E-state index contributed by atoms with van der Waals surface area (Å²) < 4.78 is 0. The van der Waals surface area contributed by atoms with Gasteiger partial charge in [0.05, 0.1) is 5.30 Å². The lowest BCUT2D eigenvalue weighted by atomic mass is 10.0. The molecule has 0 aliphatic rings. The summed E-state index contributed by atoms with van der Waals surface area (Å²) in [5.74, 6) is 0. The molecule has 0 saturated carbocycles. The Morgan fingerprint density at radius 1 is 0.652 bits per heavy atom. The van der Waals surface area contributed by atoms with Gasteiger partial charge in [-0.15, -0.1) is 0 Å². The SMILES string of the molecule is [B-][P+](C)(c1ccccc1)c1cc2ccccc2c2ccccc12. The van der Waals surface area contributed by atoms with Crippen molar-refractivity contribution in [1.82, 2.24) is 0 Å². The second kappa shape index (κ2) is 5.51. The maximum absolute atomic E-state index is 6.93. The van der Waals surface area contributed by atoms with Gasteiger partial charge in [-0.1, -0.05) is 66.7 Å². The Kier molecular flexibility index (Phi) is 3.47. The van der Waals surface area contributed by atoms with Crippen LogP contribution in [0, 0.1) is 0 Å². The minimum atomic E-state index is -1.90. The van der Waals surface area contributed by atoms with Gasteiger partial charge in [0, 0.05) is 17.4 Å². The van der Waals surface area contributed by atoms with E-state index in [1.54, 1.807) is 0 Å². The number of fused-ring (bicyclic) bond motifs is 3. The van der Waals surface area contributed by atoms with E-state index in [0.29, 0.717) is 0 Å². The van der Waals surface area contributed by atoms with Crippen molar-refractivity contribution in [2.75, 3.05) is 6.66 Å². The Morgan fingerprint density at radius 2 is 1.22 bits per heavy atom. The van der Waals surface area contributed by atoms with Crippen LogP contribution in [0.4, 0.5) is 0 Å². The van der Waals surface area contributed by atoms with Crippen LogP contribution < -0.4 is 10.6 Å². The summed E-state index contributed by atoms with van der Waals surface area (Å²) in [5.41, 5.74) is 0. The lowest BCUT2D eigenvalue weighted by molar-refractivity contribution is 1.76. The minimum Gasteiger partial charge on any atom is -0.292 e. The molecule has 3 radical (unpaired) electrons. The first-order valence-corrected chi connectivity index (χ1v) is 10.1. The van der Waals surface area contributed by atoms with Crippen LogP contribution >= 0.6 is 7.14 Å². The fourth-order valence-electron chi connectivity index (χ4n) is 3.30. The summed E-state index contributed by atoms with van der Waals surface area (Å²) >= 11 is 0. The normalized spacial score (nSPS) is 14.0. The largest absolute Gasteiger partial charge is 0.292 e. The van der Waals surface area contributed by atoms with Gasteiger partial charge in [0.25, 0.3) is 0 Å². The topological polar surface area (TPSA) is 0 Å². The van der Waals surface area contributed by atoms with Crippen molar-refractivity contribution in [3.8, 4) is 0 Å². The molecule has 0 bridgehead atoms. The van der Waals surface area contributed by atoms with Gasteiger partial charge in [0.15, 0.2) is 0 Å². The van der Waals surface area contributed by atoms with E-state index < -0.39 is 7.14 Å². The lowest BCUT2D eigenvalue weighted by Crippen LogP contribution is -2.22. The van der Waals surface area contributed by atoms with Crippen LogP contribution in [-0.4, -0.2) is 14.2 Å². The highest BCUT2D eigenvalue weighted by molar-refractivity contribution is 8.08. The smallest absolute Gasteiger partial charge is 0.0548 e. The van der Waals surface area contributed by atoms with Crippen LogP contribution in [0.25, 0.3) is 21.5 Å². The molecule has 4 rings (SSSR count). The number of benzene rings is 4. The van der Waals surface area contributed by atoms with E-state index >= 15 is 0 Å². The average Bonchev–Trinajstić information content (AvgIpc) is 2.62. The Labute approximate surface area is 138 Å². The molecule has 0 spiro atoms. The Balaban J connectivity index is 2.10. The lowest BCUT2D eigenvalue weighted by Gasteiger charge is -2.33. The Morgan fingerprint density at radius 3 is 1.96 bits per heavy atom. The summed E-state index contributed by atoms with van der Waals surface area (Å²) in [7, 11) is 5.03. The van der Waals surface area contributed by atoms with Gasteiger partial charge in [0.2, 0.25) is 0 Å². The molecule has 0 aliphatic carbocycles. The van der Waals surface area contributed by atoms with Gasteiger partial charge >= 0.3 is 0 Å². The summed E-state index contributed by atoms with van der Waals surface area (Å²) in [6, 6.07) is 29.9. The first-order valence-electron chi connectivity index (χ1n) is 7.80. The monoisotopic (exact) mass is 311 g/mol. The van der Waals surface area contributed by atoms with Crippen molar-refractivity contribution in [3.05, 3.63) is 84.9 Å². The fraction of sp³-hybridized carbons (Fsp3) is 0.0476. The van der Waals surface area contributed by atoms with Crippen LogP contribution in [0.3, 0.4) is 0 Å². The van der Waals surface area contributed by atoms with E-state index in [2.05, 4.69) is 85.5 Å². The third kappa shape index (κ3) is 2.37. The van der Waals surface area contributed by atoms with Crippen molar-refractivity contribution in [2.45, 2.75) is 0 Å². The molecule has 1 atom stereocenters. The third-order valence-corrected chi connectivity index (χ3v) is 7.28. The molecule has 4 aromatic carbocycles. The van der Waals surface area contributed by atoms with Crippen molar-refractivity contribution < 1.29 is 0 Å². The molecule has 2 heteroatoms. The first kappa shape index (κ1) is 14.5. The van der Waals surface area contributed by atoms with Crippen molar-refractivity contribution >= 4 is 46.9 Å². The maximum Gasteiger partial charge on any atom is 0.0548 e. The van der Waals surface area contributed by atoms with Crippen molar-refractivity contribution in [2.24, 2.45) is 0 Å². The molecule has 0 amide bonds. The summed E-state index contributed by atoms with van der Waals surface area (Å²) in [5, 5.41) is 7.62. The van der Waals surface area contributed by atoms with Crippen molar-refractivity contribution in [3.63, 3.8) is 0 Å². The Bertz CT molecular complexity index is 990. The molecule has 23 heavy (non-hydrogen) atoms. The van der Waals surface area contributed by atoms with Crippen molar-refractivity contribution in [1.29, 1.82) is 0 Å². The summed E-state index contributed by atoms with van der Waals surface area (Å²) in [6.45, 7) is 2.21. The molecular weight excluding hydrogens is 294 g/mol. The maximum atomic E-state index is 6.93. The molecule has 0 heterocycles. The van der Waals surface area contributed by atoms with Crippen LogP contribution in [0.5, 0.6) is 0 Å². The van der Waals surface area contributed by atoms with Crippen LogP contribution in [-0.2, 0) is 0 Å². The molecular formula is C21H17BP. The molecule has 0 N–H and O–H groups in total. The molecule has 0 aliphatic heterocycles. The zero-order valence-electron chi connectivity index (χ0n) is 13.1. The molecule has 0 saturated heterocycles. The summed E-state index contributed by atoms with van der Waals surface area (Å²) in [4.78, 5) is 0.